The van der Waals surface area contributed by atoms with Crippen LogP contribution >= 0.6 is 0 Å². The van der Waals surface area contributed by atoms with Crippen molar-refractivity contribution in [1.82, 2.24) is 23.7 Å². The quantitative estimate of drug-likeness (QED) is 0.287. The van der Waals surface area contributed by atoms with Gasteiger partial charge in [-0.15, -0.1) is 0 Å². The van der Waals surface area contributed by atoms with Crippen molar-refractivity contribution in [3.05, 3.63) is 93.9 Å². The van der Waals surface area contributed by atoms with Gasteiger partial charge in [0.2, 0.25) is 16.0 Å². The summed E-state index contributed by atoms with van der Waals surface area (Å²) in [6, 6.07) is 18.0. The number of fused-ring (bicyclic) bond motifs is 1. The minimum absolute atomic E-state index is 0.119. The normalized spacial score (nSPS) is 16.2. The lowest BCUT2D eigenvalue weighted by atomic mass is 9.84. The highest BCUT2D eigenvalue weighted by Crippen LogP contribution is 2.32. The van der Waals surface area contributed by atoms with Crippen molar-refractivity contribution in [1.29, 1.82) is 0 Å². The summed E-state index contributed by atoms with van der Waals surface area (Å²) in [7, 11) is -3.89. The number of nitrogens with two attached hydrogens (primary N) is 1. The average molecular weight is 702 g/mol. The summed E-state index contributed by atoms with van der Waals surface area (Å²) in [6.07, 6.45) is 3.77. The number of benzene rings is 2. The van der Waals surface area contributed by atoms with E-state index in [0.717, 1.165) is 29.8 Å². The van der Waals surface area contributed by atoms with E-state index in [0.29, 0.717) is 72.9 Å². The molecule has 50 heavy (non-hydrogen) atoms. The Labute approximate surface area is 289 Å². The van der Waals surface area contributed by atoms with Gasteiger partial charge < -0.3 is 20.3 Å². The molecule has 2 N–H and O–H groups in total. The highest BCUT2D eigenvalue weighted by Gasteiger charge is 2.43. The van der Waals surface area contributed by atoms with Gasteiger partial charge in [-0.3, -0.25) is 19.0 Å². The molecule has 15 heteroatoms. The third-order valence-electron chi connectivity index (χ3n) is 9.31. The minimum Gasteiger partial charge on any atom is -0.433 e. The Morgan fingerprint density at radius 3 is 2.18 bits per heavy atom. The van der Waals surface area contributed by atoms with Gasteiger partial charge >= 0.3 is 6.09 Å². The van der Waals surface area contributed by atoms with Crippen molar-refractivity contribution < 1.29 is 27.5 Å². The molecule has 1 aliphatic carbocycles. The third kappa shape index (κ3) is 7.04. The van der Waals surface area contributed by atoms with Crippen LogP contribution in [0.3, 0.4) is 0 Å². The summed E-state index contributed by atoms with van der Waals surface area (Å²) >= 11 is 0. The molecule has 1 saturated heterocycles. The van der Waals surface area contributed by atoms with Gasteiger partial charge in [0, 0.05) is 43.2 Å². The van der Waals surface area contributed by atoms with Crippen LogP contribution < -0.4 is 16.2 Å². The van der Waals surface area contributed by atoms with Crippen LogP contribution in [0.2, 0.25) is 0 Å². The van der Waals surface area contributed by atoms with Gasteiger partial charge in [0.25, 0.3) is 17.4 Å². The zero-order chi connectivity index (χ0) is 35.6. The van der Waals surface area contributed by atoms with Crippen LogP contribution in [0.15, 0.2) is 71.5 Å². The molecule has 0 radical (unpaired) electrons. The average Bonchev–Trinajstić information content (AvgIpc) is 3.10. The molecule has 1 saturated carbocycles. The molecular weight excluding hydrogens is 662 g/mol. The Morgan fingerprint density at radius 1 is 0.900 bits per heavy atom. The molecular formula is C35H39N7O7S. The Balaban J connectivity index is 1.23. The van der Waals surface area contributed by atoms with E-state index in [1.165, 1.54) is 22.8 Å². The summed E-state index contributed by atoms with van der Waals surface area (Å²) < 4.78 is 33.1. The maximum absolute atomic E-state index is 13.4. The topological polar surface area (TPSA) is 178 Å². The zero-order valence-corrected chi connectivity index (χ0v) is 28.8. The lowest BCUT2D eigenvalue weighted by Crippen LogP contribution is -2.54. The van der Waals surface area contributed by atoms with Crippen molar-refractivity contribution in [3.8, 4) is 5.69 Å². The second-order valence-corrected chi connectivity index (χ2v) is 14.6. The number of carbonyl (C=O) groups is 3. The van der Waals surface area contributed by atoms with Crippen molar-refractivity contribution in [2.45, 2.75) is 51.2 Å². The van der Waals surface area contributed by atoms with Crippen molar-refractivity contribution >= 4 is 44.9 Å². The fourth-order valence-corrected chi connectivity index (χ4v) is 7.26. The van der Waals surface area contributed by atoms with E-state index in [2.05, 4.69) is 0 Å². The molecule has 14 nitrogen and oxygen atoms in total. The standard InChI is InChI=1S/C35H39N7O7S/c1-24-28-15-16-29(43)42(27-13-11-26(12-14-27)31(44)41(50(2,47)48)23-25-9-5-3-6-10-25)30(28)38-33(37-24)39-19-21-40(22-20-39)34(46)49-35(32(36)45)17-7-4-8-18-35/h3,5-6,9-16H,4,7-8,17-23H2,1-2H3,(H2,36,45). The van der Waals surface area contributed by atoms with E-state index >= 15 is 0 Å². The first kappa shape index (κ1) is 34.5. The second kappa shape index (κ2) is 13.9. The molecule has 0 bridgehead atoms. The van der Waals surface area contributed by atoms with Crippen LogP contribution in [0.5, 0.6) is 0 Å². The van der Waals surface area contributed by atoms with Crippen LogP contribution in [0.4, 0.5) is 10.7 Å². The summed E-state index contributed by atoms with van der Waals surface area (Å²) in [5, 5.41) is 0.645. The zero-order valence-electron chi connectivity index (χ0n) is 27.9. The number of primary amides is 1. The number of hydrogen-bond donors (Lipinski definition) is 1. The van der Waals surface area contributed by atoms with E-state index in [1.54, 1.807) is 53.4 Å². The molecule has 3 amide bonds. The first-order valence-electron chi connectivity index (χ1n) is 16.5. The first-order chi connectivity index (χ1) is 23.9. The number of pyridine rings is 1. The summed E-state index contributed by atoms with van der Waals surface area (Å²) in [4.78, 5) is 64.9. The number of amides is 3. The number of carbonyl (C=O) groups excluding carboxylic acids is 3. The second-order valence-electron chi connectivity index (χ2n) is 12.7. The summed E-state index contributed by atoms with van der Waals surface area (Å²) in [5.41, 5.74) is 6.23. The molecule has 1 aliphatic heterocycles. The van der Waals surface area contributed by atoms with Crippen LogP contribution in [-0.2, 0) is 26.1 Å². The van der Waals surface area contributed by atoms with Crippen LogP contribution in [0, 0.1) is 6.92 Å². The number of nitrogens with zero attached hydrogens (tertiary/aromatic N) is 6. The summed E-state index contributed by atoms with van der Waals surface area (Å²) in [5.74, 6) is -0.935. The molecule has 0 unspecified atom stereocenters. The lowest BCUT2D eigenvalue weighted by Gasteiger charge is -2.38. The van der Waals surface area contributed by atoms with Crippen molar-refractivity contribution in [2.24, 2.45) is 5.73 Å². The fraction of sp³-hybridized carbons (Fsp3) is 0.371. The van der Waals surface area contributed by atoms with Crippen LogP contribution in [-0.4, -0.2) is 88.1 Å². The van der Waals surface area contributed by atoms with Gasteiger partial charge in [-0.1, -0.05) is 36.8 Å². The maximum atomic E-state index is 13.4. The Hall–Kier alpha value is -5.31. The predicted molar refractivity (Wildman–Crippen MR) is 186 cm³/mol. The first-order valence-corrected chi connectivity index (χ1v) is 18.3. The molecule has 2 aromatic carbocycles. The van der Waals surface area contributed by atoms with Gasteiger partial charge in [-0.2, -0.15) is 4.98 Å². The molecule has 6 rings (SSSR count). The number of aromatic nitrogens is 3. The molecule has 0 spiro atoms. The Bertz CT molecular complexity index is 2090. The number of piperazine rings is 1. The van der Waals surface area contributed by atoms with Gasteiger partial charge in [0.15, 0.2) is 11.2 Å². The largest absolute Gasteiger partial charge is 0.433 e. The van der Waals surface area contributed by atoms with E-state index in [9.17, 15) is 27.6 Å². The molecule has 0 atom stereocenters. The number of anilines is 1. The van der Waals surface area contributed by atoms with E-state index in [-0.39, 0.29) is 17.7 Å². The molecule has 4 aromatic rings. The number of rotatable bonds is 8. The molecule has 2 aromatic heterocycles. The van der Waals surface area contributed by atoms with Crippen LogP contribution in [0.25, 0.3) is 16.7 Å². The molecule has 2 fully saturated rings. The lowest BCUT2D eigenvalue weighted by molar-refractivity contribution is -0.141. The van der Waals surface area contributed by atoms with Gasteiger partial charge in [-0.25, -0.2) is 22.5 Å². The van der Waals surface area contributed by atoms with Gasteiger partial charge in [-0.05, 0) is 68.5 Å². The van der Waals surface area contributed by atoms with E-state index < -0.39 is 33.5 Å². The van der Waals surface area contributed by atoms with Gasteiger partial charge in [0.05, 0.1) is 24.2 Å². The predicted octanol–water partition coefficient (Wildman–Crippen LogP) is 3.14. The highest BCUT2D eigenvalue weighted by atomic mass is 32.2. The smallest absolute Gasteiger partial charge is 0.410 e. The van der Waals surface area contributed by atoms with E-state index in [4.69, 9.17) is 20.4 Å². The summed E-state index contributed by atoms with van der Waals surface area (Å²) in [6.45, 7) is 3.08. The van der Waals surface area contributed by atoms with Crippen molar-refractivity contribution in [3.63, 3.8) is 0 Å². The van der Waals surface area contributed by atoms with Gasteiger partial charge in [0.1, 0.15) is 0 Å². The fourth-order valence-electron chi connectivity index (χ4n) is 6.47. The molecule has 2 aliphatic rings. The molecule has 262 valence electrons. The molecule has 3 heterocycles. The third-order valence-corrected chi connectivity index (χ3v) is 10.4. The monoisotopic (exact) mass is 701 g/mol. The highest BCUT2D eigenvalue weighted by molar-refractivity contribution is 7.88. The number of ether oxygens (including phenoxy) is 1. The van der Waals surface area contributed by atoms with Crippen LogP contribution in [0.1, 0.15) is 53.7 Å². The number of hydrogen-bond acceptors (Lipinski definition) is 10. The Kier molecular flexibility index (Phi) is 9.60. The Morgan fingerprint density at radius 2 is 1.56 bits per heavy atom. The minimum atomic E-state index is -3.89. The number of sulfonamides is 1. The SMILES string of the molecule is Cc1nc(N2CCN(C(=O)OC3(C(N)=O)CCCCC3)CC2)nc2c1ccc(=O)n2-c1ccc(C(=O)N(Cc2ccccc2)S(C)(=O)=O)cc1. The van der Waals surface area contributed by atoms with E-state index in [1.807, 2.05) is 11.8 Å². The number of aryl methyl sites for hydroxylation is 1. The van der Waals surface area contributed by atoms with Crippen molar-refractivity contribution in [2.75, 3.05) is 37.3 Å². The maximum Gasteiger partial charge on any atom is 0.410 e.